The van der Waals surface area contributed by atoms with Crippen molar-refractivity contribution in [1.82, 2.24) is 20.1 Å². The fourth-order valence-electron chi connectivity index (χ4n) is 3.28. The molecule has 1 N–H and O–H groups in total. The van der Waals surface area contributed by atoms with Crippen molar-refractivity contribution in [2.75, 3.05) is 6.54 Å². The minimum absolute atomic E-state index is 0.117. The van der Waals surface area contributed by atoms with Gasteiger partial charge in [-0.25, -0.2) is 9.37 Å². The molecule has 1 amide bonds. The highest BCUT2D eigenvalue weighted by Crippen LogP contribution is 2.42. The van der Waals surface area contributed by atoms with Gasteiger partial charge in [0, 0.05) is 19.0 Å². The van der Waals surface area contributed by atoms with E-state index >= 15 is 0 Å². The molecule has 0 radical (unpaired) electrons. The molecule has 1 aromatic carbocycles. The third-order valence-electron chi connectivity index (χ3n) is 4.47. The minimum Gasteiger partial charge on any atom is -0.348 e. The summed E-state index contributed by atoms with van der Waals surface area (Å²) in [5.41, 5.74) is 0.163. The molecule has 1 aliphatic rings. The van der Waals surface area contributed by atoms with Crippen LogP contribution >= 0.6 is 11.6 Å². The number of nitrogens with zero attached hydrogens (tertiary/aromatic N) is 3. The van der Waals surface area contributed by atoms with Crippen molar-refractivity contribution in [3.8, 4) is 0 Å². The molecule has 5 nitrogen and oxygen atoms in total. The topological polar surface area (TPSA) is 59.8 Å². The number of hydrogen-bond acceptors (Lipinski definition) is 3. The lowest BCUT2D eigenvalue weighted by molar-refractivity contribution is 0.0932. The zero-order valence-corrected chi connectivity index (χ0v) is 13.6. The molecule has 0 unspecified atom stereocenters. The standard InChI is InChI=1S/C16H18ClFN4O/c1-22-10-20-14(21-22)15(23)19-9-16(7-2-3-8-16)11-5-4-6-12(17)13(11)18/h4-6,10H,2-3,7-9H2,1H3,(H,19,23). The second-order valence-corrected chi connectivity index (χ2v) is 6.42. The summed E-state index contributed by atoms with van der Waals surface area (Å²) in [7, 11) is 1.70. The number of amides is 1. The van der Waals surface area contributed by atoms with Gasteiger partial charge in [-0.3, -0.25) is 9.48 Å². The lowest BCUT2D eigenvalue weighted by Crippen LogP contribution is -2.40. The van der Waals surface area contributed by atoms with Gasteiger partial charge in [0.2, 0.25) is 5.82 Å². The average molecular weight is 337 g/mol. The Morgan fingerprint density at radius 1 is 1.43 bits per heavy atom. The first-order valence-corrected chi connectivity index (χ1v) is 7.98. The van der Waals surface area contributed by atoms with Crippen LogP contribution in [0.1, 0.15) is 41.9 Å². The lowest BCUT2D eigenvalue weighted by Gasteiger charge is -2.30. The van der Waals surface area contributed by atoms with Gasteiger partial charge in [-0.05, 0) is 24.5 Å². The molecule has 122 valence electrons. The van der Waals surface area contributed by atoms with Gasteiger partial charge in [-0.2, -0.15) is 0 Å². The Morgan fingerprint density at radius 2 is 2.17 bits per heavy atom. The summed E-state index contributed by atoms with van der Waals surface area (Å²) in [6.45, 7) is 0.349. The Labute approximate surface area is 138 Å². The van der Waals surface area contributed by atoms with Crippen molar-refractivity contribution in [2.45, 2.75) is 31.1 Å². The number of rotatable bonds is 4. The van der Waals surface area contributed by atoms with Gasteiger partial charge in [0.25, 0.3) is 5.91 Å². The highest BCUT2D eigenvalue weighted by molar-refractivity contribution is 6.30. The highest BCUT2D eigenvalue weighted by atomic mass is 35.5. The van der Waals surface area contributed by atoms with E-state index in [1.807, 2.05) is 0 Å². The van der Waals surface area contributed by atoms with Gasteiger partial charge in [0.05, 0.1) is 5.02 Å². The number of hydrogen-bond donors (Lipinski definition) is 1. The molecule has 1 heterocycles. The molecule has 1 saturated carbocycles. The first-order chi connectivity index (χ1) is 11.0. The molecule has 0 spiro atoms. The number of carbonyl (C=O) groups excluding carboxylic acids is 1. The number of halogens is 2. The zero-order chi connectivity index (χ0) is 16.4. The van der Waals surface area contributed by atoms with Crippen LogP contribution in [-0.4, -0.2) is 27.2 Å². The van der Waals surface area contributed by atoms with Crippen LogP contribution in [-0.2, 0) is 12.5 Å². The number of carbonyl (C=O) groups is 1. The molecule has 3 rings (SSSR count). The molecule has 2 aromatic rings. The molecule has 0 saturated heterocycles. The molecular weight excluding hydrogens is 319 g/mol. The number of aromatic nitrogens is 3. The summed E-state index contributed by atoms with van der Waals surface area (Å²) in [4.78, 5) is 16.1. The first kappa shape index (κ1) is 15.9. The van der Waals surface area contributed by atoms with E-state index in [1.54, 1.807) is 25.2 Å². The van der Waals surface area contributed by atoms with E-state index < -0.39 is 5.41 Å². The van der Waals surface area contributed by atoms with E-state index in [4.69, 9.17) is 11.6 Å². The summed E-state index contributed by atoms with van der Waals surface area (Å²) in [6, 6.07) is 5.06. The number of nitrogens with one attached hydrogen (secondary N) is 1. The van der Waals surface area contributed by atoms with Gasteiger partial charge in [-0.1, -0.05) is 36.6 Å². The lowest BCUT2D eigenvalue weighted by atomic mass is 9.78. The van der Waals surface area contributed by atoms with Gasteiger partial charge in [0.1, 0.15) is 12.1 Å². The molecule has 23 heavy (non-hydrogen) atoms. The van der Waals surface area contributed by atoms with E-state index in [0.717, 1.165) is 25.7 Å². The second-order valence-electron chi connectivity index (χ2n) is 6.01. The van der Waals surface area contributed by atoms with E-state index in [-0.39, 0.29) is 22.6 Å². The summed E-state index contributed by atoms with van der Waals surface area (Å²) >= 11 is 5.93. The van der Waals surface area contributed by atoms with Gasteiger partial charge >= 0.3 is 0 Å². The molecule has 1 aliphatic carbocycles. The monoisotopic (exact) mass is 336 g/mol. The molecule has 0 bridgehead atoms. The van der Waals surface area contributed by atoms with Crippen LogP contribution in [0.2, 0.25) is 5.02 Å². The van der Waals surface area contributed by atoms with Gasteiger partial charge in [0.15, 0.2) is 0 Å². The summed E-state index contributed by atoms with van der Waals surface area (Å²) in [6.07, 6.45) is 5.12. The molecule has 1 aromatic heterocycles. The zero-order valence-electron chi connectivity index (χ0n) is 12.9. The van der Waals surface area contributed by atoms with E-state index in [2.05, 4.69) is 15.4 Å². The van der Waals surface area contributed by atoms with Crippen molar-refractivity contribution in [1.29, 1.82) is 0 Å². The number of aryl methyl sites for hydroxylation is 1. The second kappa shape index (κ2) is 6.28. The van der Waals surface area contributed by atoms with Crippen LogP contribution in [0.4, 0.5) is 4.39 Å². The maximum atomic E-state index is 14.5. The molecular formula is C16H18ClFN4O. The average Bonchev–Trinajstić information content (AvgIpc) is 3.17. The highest BCUT2D eigenvalue weighted by Gasteiger charge is 2.38. The van der Waals surface area contributed by atoms with E-state index in [1.165, 1.54) is 11.0 Å². The van der Waals surface area contributed by atoms with Crippen LogP contribution in [0.25, 0.3) is 0 Å². The quantitative estimate of drug-likeness (QED) is 0.934. The molecule has 7 heteroatoms. The van der Waals surface area contributed by atoms with Crippen molar-refractivity contribution >= 4 is 17.5 Å². The van der Waals surface area contributed by atoms with Crippen LogP contribution in [0.3, 0.4) is 0 Å². The minimum atomic E-state index is -0.417. The molecule has 0 atom stereocenters. The first-order valence-electron chi connectivity index (χ1n) is 7.60. The van der Waals surface area contributed by atoms with Crippen LogP contribution in [0.15, 0.2) is 24.5 Å². The Bertz CT molecular complexity index is 725. The Hall–Kier alpha value is -1.95. The van der Waals surface area contributed by atoms with E-state index in [9.17, 15) is 9.18 Å². The van der Waals surface area contributed by atoms with Crippen molar-refractivity contribution in [3.05, 3.63) is 46.8 Å². The smallest absolute Gasteiger partial charge is 0.290 e. The SMILES string of the molecule is Cn1cnc(C(=O)NCC2(c3cccc(Cl)c3F)CCCC2)n1. The summed E-state index contributed by atoms with van der Waals surface area (Å²) in [5, 5.41) is 6.95. The van der Waals surface area contributed by atoms with Gasteiger partial charge < -0.3 is 5.32 Å². The summed E-state index contributed by atoms with van der Waals surface area (Å²) in [5.74, 6) is -0.618. The predicted molar refractivity (Wildman–Crippen MR) is 84.9 cm³/mol. The molecule has 0 aliphatic heterocycles. The van der Waals surface area contributed by atoms with Crippen LogP contribution in [0.5, 0.6) is 0 Å². The fourth-order valence-corrected chi connectivity index (χ4v) is 3.45. The van der Waals surface area contributed by atoms with E-state index in [0.29, 0.717) is 12.1 Å². The molecule has 1 fully saturated rings. The normalized spacial score (nSPS) is 16.5. The third kappa shape index (κ3) is 3.08. The van der Waals surface area contributed by atoms with Gasteiger partial charge in [-0.15, -0.1) is 5.10 Å². The van der Waals surface area contributed by atoms with Crippen molar-refractivity contribution in [3.63, 3.8) is 0 Å². The van der Waals surface area contributed by atoms with Crippen LogP contribution in [0, 0.1) is 5.82 Å². The summed E-state index contributed by atoms with van der Waals surface area (Å²) < 4.78 is 15.9. The largest absolute Gasteiger partial charge is 0.348 e. The number of benzene rings is 1. The Balaban J connectivity index is 1.82. The van der Waals surface area contributed by atoms with Crippen molar-refractivity contribution < 1.29 is 9.18 Å². The fraction of sp³-hybridized carbons (Fsp3) is 0.438. The third-order valence-corrected chi connectivity index (χ3v) is 4.77. The Kier molecular flexibility index (Phi) is 4.35. The maximum absolute atomic E-state index is 14.5. The Morgan fingerprint density at radius 3 is 2.83 bits per heavy atom. The van der Waals surface area contributed by atoms with Crippen LogP contribution < -0.4 is 5.32 Å². The predicted octanol–water partition coefficient (Wildman–Crippen LogP) is 2.85. The maximum Gasteiger partial charge on any atom is 0.290 e. The van der Waals surface area contributed by atoms with Crippen molar-refractivity contribution in [2.24, 2.45) is 7.05 Å².